The fourth-order valence-corrected chi connectivity index (χ4v) is 6.88. The summed E-state index contributed by atoms with van der Waals surface area (Å²) in [5.41, 5.74) is 2.25. The van der Waals surface area contributed by atoms with E-state index in [9.17, 15) is 17.6 Å². The van der Waals surface area contributed by atoms with E-state index < -0.39 is 33.4 Å². The molecule has 3 N–H and O–H groups in total. The Bertz CT molecular complexity index is 713. The van der Waals surface area contributed by atoms with Crippen LogP contribution in [-0.4, -0.2) is 75.5 Å². The molecule has 0 aromatic heterocycles. The first-order valence-corrected chi connectivity index (χ1v) is 13.4. The van der Waals surface area contributed by atoms with Gasteiger partial charge in [0.1, 0.15) is 6.17 Å². The van der Waals surface area contributed by atoms with Crippen molar-refractivity contribution in [2.24, 2.45) is 17.8 Å². The molecule has 3 rings (SSSR count). The van der Waals surface area contributed by atoms with E-state index in [4.69, 9.17) is 16.3 Å². The van der Waals surface area contributed by atoms with Gasteiger partial charge in [0, 0.05) is 25.9 Å². The smallest absolute Gasteiger partial charge is 0.241 e. The molecule has 0 spiro atoms. The summed E-state index contributed by atoms with van der Waals surface area (Å²) in [6.45, 7) is 4.10. The number of sulfonamides is 1. The fourth-order valence-electron chi connectivity index (χ4n) is 5.21. The van der Waals surface area contributed by atoms with Gasteiger partial charge in [0.05, 0.1) is 23.2 Å². The van der Waals surface area contributed by atoms with Crippen LogP contribution in [0.15, 0.2) is 0 Å². The van der Waals surface area contributed by atoms with Crippen molar-refractivity contribution in [1.82, 2.24) is 20.5 Å². The third kappa shape index (κ3) is 6.98. The number of hydrogen-bond donors (Lipinski definition) is 3. The maximum absolute atomic E-state index is 14.7. The third-order valence-corrected chi connectivity index (χ3v) is 8.52. The number of alkyl halides is 2. The standard InChI is InChI=1S/C20H36ClFN4O4S/c1-3-30-15-6-4-5-13(7-15)11-31(28,29)25-24-20(27)16-8-14(9-17(21)19(16)22)18-10-26(2)12-23-18/h13-19,23,25H,3-12H2,1-2H3,(H,24,27)/t13-,14?,15-,16?,17?,18?,19?/m0/s1. The fraction of sp³-hybridized carbons (Fsp3) is 0.950. The van der Waals surface area contributed by atoms with Crippen molar-refractivity contribution in [3.8, 4) is 0 Å². The summed E-state index contributed by atoms with van der Waals surface area (Å²) in [6.07, 6.45) is 2.78. The zero-order valence-corrected chi connectivity index (χ0v) is 19.9. The van der Waals surface area contributed by atoms with Crippen LogP contribution in [0.3, 0.4) is 0 Å². The molecular formula is C20H36ClFN4O4S. The van der Waals surface area contributed by atoms with Crippen molar-refractivity contribution >= 4 is 27.5 Å². The Hall–Kier alpha value is -0.520. The average molecular weight is 483 g/mol. The zero-order valence-electron chi connectivity index (χ0n) is 18.4. The Labute approximate surface area is 190 Å². The van der Waals surface area contributed by atoms with Crippen LogP contribution >= 0.6 is 11.6 Å². The SMILES string of the molecule is CCO[C@H]1CCC[C@H](CS(=O)(=O)NNC(=O)C2CC(C3CN(C)CN3)CC(Cl)C2F)C1. The molecular weight excluding hydrogens is 447 g/mol. The zero-order chi connectivity index (χ0) is 22.6. The predicted molar refractivity (Wildman–Crippen MR) is 118 cm³/mol. The van der Waals surface area contributed by atoms with Gasteiger partial charge in [0.15, 0.2) is 0 Å². The number of amides is 1. The second-order valence-electron chi connectivity index (χ2n) is 9.29. The van der Waals surface area contributed by atoms with E-state index in [-0.39, 0.29) is 29.7 Å². The minimum atomic E-state index is -3.73. The Balaban J connectivity index is 1.52. The van der Waals surface area contributed by atoms with Crippen LogP contribution in [0.25, 0.3) is 0 Å². The molecule has 3 fully saturated rings. The van der Waals surface area contributed by atoms with Gasteiger partial charge in [-0.15, -0.1) is 16.4 Å². The molecule has 0 radical (unpaired) electrons. The molecule has 1 amide bonds. The molecule has 11 heteroatoms. The highest BCUT2D eigenvalue weighted by Crippen LogP contribution is 2.37. The molecule has 0 aromatic rings. The second kappa shape index (κ2) is 11.1. The van der Waals surface area contributed by atoms with Gasteiger partial charge in [-0.05, 0) is 57.9 Å². The lowest BCUT2D eigenvalue weighted by atomic mass is 9.76. The quantitative estimate of drug-likeness (QED) is 0.357. The highest BCUT2D eigenvalue weighted by molar-refractivity contribution is 7.89. The maximum Gasteiger partial charge on any atom is 0.241 e. The van der Waals surface area contributed by atoms with Gasteiger partial charge < -0.3 is 4.74 Å². The lowest BCUT2D eigenvalue weighted by molar-refractivity contribution is -0.129. The molecule has 5 unspecified atom stereocenters. The van der Waals surface area contributed by atoms with E-state index in [2.05, 4.69) is 20.5 Å². The Morgan fingerprint density at radius 2 is 2.06 bits per heavy atom. The van der Waals surface area contributed by atoms with Crippen LogP contribution in [0.5, 0.6) is 0 Å². The van der Waals surface area contributed by atoms with Crippen LogP contribution < -0.4 is 15.6 Å². The van der Waals surface area contributed by atoms with E-state index in [1.165, 1.54) is 0 Å². The van der Waals surface area contributed by atoms with Gasteiger partial charge in [-0.1, -0.05) is 6.42 Å². The number of carbonyl (C=O) groups is 1. The molecule has 2 aliphatic carbocycles. The Kier molecular flexibility index (Phi) is 8.97. The van der Waals surface area contributed by atoms with E-state index in [1.807, 2.05) is 14.0 Å². The topological polar surface area (TPSA) is 99.8 Å². The van der Waals surface area contributed by atoms with Crippen LogP contribution in [-0.2, 0) is 19.6 Å². The monoisotopic (exact) mass is 482 g/mol. The van der Waals surface area contributed by atoms with Gasteiger partial charge in [-0.3, -0.25) is 20.4 Å². The molecule has 1 aliphatic heterocycles. The van der Waals surface area contributed by atoms with Crippen molar-refractivity contribution in [2.45, 2.75) is 69.1 Å². The van der Waals surface area contributed by atoms with E-state index in [0.717, 1.165) is 32.5 Å². The summed E-state index contributed by atoms with van der Waals surface area (Å²) in [7, 11) is -1.74. The largest absolute Gasteiger partial charge is 0.378 e. The number of rotatable bonds is 8. The maximum atomic E-state index is 14.7. The minimum absolute atomic E-state index is 0.0228. The van der Waals surface area contributed by atoms with Crippen molar-refractivity contribution in [3.63, 3.8) is 0 Å². The van der Waals surface area contributed by atoms with Gasteiger partial charge in [-0.25, -0.2) is 12.8 Å². The van der Waals surface area contributed by atoms with Crippen LogP contribution in [0.4, 0.5) is 4.39 Å². The number of nitrogens with one attached hydrogen (secondary N) is 3. The van der Waals surface area contributed by atoms with Gasteiger partial charge >= 0.3 is 0 Å². The van der Waals surface area contributed by atoms with E-state index in [0.29, 0.717) is 25.9 Å². The number of ether oxygens (including phenoxy) is 1. The molecule has 1 heterocycles. The van der Waals surface area contributed by atoms with Crippen LogP contribution in [0.1, 0.15) is 45.4 Å². The molecule has 31 heavy (non-hydrogen) atoms. The molecule has 180 valence electrons. The number of halogens is 2. The minimum Gasteiger partial charge on any atom is -0.378 e. The average Bonchev–Trinajstić information content (AvgIpc) is 3.15. The Morgan fingerprint density at radius 3 is 2.74 bits per heavy atom. The number of hydrogen-bond acceptors (Lipinski definition) is 6. The molecule has 0 aromatic carbocycles. The first-order chi connectivity index (χ1) is 14.7. The number of carbonyl (C=O) groups excluding carboxylic acids is 1. The summed E-state index contributed by atoms with van der Waals surface area (Å²) in [5.74, 6) is -1.68. The van der Waals surface area contributed by atoms with Crippen molar-refractivity contribution in [2.75, 3.05) is 32.6 Å². The summed E-state index contributed by atoms with van der Waals surface area (Å²) < 4.78 is 45.4. The highest BCUT2D eigenvalue weighted by Gasteiger charge is 2.44. The molecule has 1 saturated heterocycles. The van der Waals surface area contributed by atoms with Gasteiger partial charge in [0.2, 0.25) is 15.9 Å². The number of nitrogens with zero attached hydrogens (tertiary/aromatic N) is 1. The molecule has 3 aliphatic rings. The lowest BCUT2D eigenvalue weighted by Gasteiger charge is -2.37. The molecule has 0 bridgehead atoms. The number of hydrazine groups is 1. The van der Waals surface area contributed by atoms with Crippen LogP contribution in [0.2, 0.25) is 0 Å². The molecule has 8 nitrogen and oxygen atoms in total. The van der Waals surface area contributed by atoms with Crippen molar-refractivity contribution in [3.05, 3.63) is 0 Å². The predicted octanol–water partition coefficient (Wildman–Crippen LogP) is 1.37. The second-order valence-corrected chi connectivity index (χ2v) is 11.6. The molecule has 7 atom stereocenters. The third-order valence-electron chi connectivity index (χ3n) is 6.77. The van der Waals surface area contributed by atoms with E-state index >= 15 is 0 Å². The number of likely N-dealkylation sites (N-methyl/N-ethyl adjacent to an activating group) is 1. The normalized spacial score (nSPS) is 37.6. The summed E-state index contributed by atoms with van der Waals surface area (Å²) in [4.78, 5) is 17.0. The van der Waals surface area contributed by atoms with Gasteiger partial charge in [0.25, 0.3) is 0 Å². The first-order valence-electron chi connectivity index (χ1n) is 11.3. The lowest BCUT2D eigenvalue weighted by Crippen LogP contribution is -2.52. The van der Waals surface area contributed by atoms with Crippen molar-refractivity contribution < 1.29 is 22.3 Å². The van der Waals surface area contributed by atoms with Crippen LogP contribution in [0, 0.1) is 17.8 Å². The summed E-state index contributed by atoms with van der Waals surface area (Å²) in [5, 5.41) is 2.61. The first kappa shape index (κ1) is 25.1. The summed E-state index contributed by atoms with van der Waals surface area (Å²) in [6, 6.07) is 0.148. The van der Waals surface area contributed by atoms with E-state index in [1.54, 1.807) is 0 Å². The van der Waals surface area contributed by atoms with Crippen molar-refractivity contribution in [1.29, 1.82) is 0 Å². The Morgan fingerprint density at radius 1 is 1.29 bits per heavy atom. The molecule has 2 saturated carbocycles. The highest BCUT2D eigenvalue weighted by atomic mass is 35.5. The summed E-state index contributed by atoms with van der Waals surface area (Å²) >= 11 is 6.23. The van der Waals surface area contributed by atoms with Gasteiger partial charge in [-0.2, -0.15) is 0 Å².